The molecule has 1 atom stereocenters. The van der Waals surface area contributed by atoms with Gasteiger partial charge in [-0.1, -0.05) is 0 Å². The van der Waals surface area contributed by atoms with E-state index >= 15 is 0 Å². The van der Waals surface area contributed by atoms with Gasteiger partial charge in [-0.3, -0.25) is 9.59 Å². The molecule has 3 nitrogen and oxygen atoms in total. The van der Waals surface area contributed by atoms with E-state index in [-0.39, 0.29) is 18.1 Å². The predicted molar refractivity (Wildman–Crippen MR) is 62.1 cm³/mol. The number of fused-ring (bicyclic) bond motifs is 1. The summed E-state index contributed by atoms with van der Waals surface area (Å²) in [6.45, 7) is 1.98. The third-order valence-electron chi connectivity index (χ3n) is 2.95. The summed E-state index contributed by atoms with van der Waals surface area (Å²) >= 11 is 1.66. The van der Waals surface area contributed by atoms with Gasteiger partial charge in [0.25, 0.3) is 0 Å². The number of hydrogen-bond acceptors (Lipinski definition) is 3. The Labute approximate surface area is 98.1 Å². The number of thiophene rings is 1. The molecule has 1 aromatic rings. The van der Waals surface area contributed by atoms with Gasteiger partial charge < -0.3 is 5.11 Å². The van der Waals surface area contributed by atoms with Crippen LogP contribution in [0.25, 0.3) is 0 Å². The van der Waals surface area contributed by atoms with Crippen molar-refractivity contribution >= 4 is 23.1 Å². The molecule has 0 spiro atoms. The minimum Gasteiger partial charge on any atom is -0.481 e. The minimum absolute atomic E-state index is 0.0271. The number of aryl methyl sites for hydroxylation is 2. The molecule has 1 aliphatic rings. The second-order valence-corrected chi connectivity index (χ2v) is 5.59. The molecule has 0 saturated heterocycles. The zero-order chi connectivity index (χ0) is 11.7. The Morgan fingerprint density at radius 1 is 1.62 bits per heavy atom. The van der Waals surface area contributed by atoms with Gasteiger partial charge >= 0.3 is 5.97 Å². The summed E-state index contributed by atoms with van der Waals surface area (Å²) in [5.41, 5.74) is 0.770. The monoisotopic (exact) mass is 238 g/mol. The van der Waals surface area contributed by atoms with E-state index in [0.717, 1.165) is 28.2 Å². The fraction of sp³-hybridized carbons (Fsp3) is 0.500. The standard InChI is InChI=1S/C12H14O3S/c1-7-5-9-10(16-7)4-2-3-8(12(9)15)6-11(13)14/h5,8H,2-4,6H2,1H3,(H,13,14). The van der Waals surface area contributed by atoms with Crippen molar-refractivity contribution in [2.75, 3.05) is 0 Å². The normalized spacial score (nSPS) is 20.3. The highest BCUT2D eigenvalue weighted by Gasteiger charge is 2.28. The first-order chi connectivity index (χ1) is 7.58. The average Bonchev–Trinajstić information content (AvgIpc) is 2.50. The fourth-order valence-corrected chi connectivity index (χ4v) is 3.30. The molecule has 1 N–H and O–H groups in total. The van der Waals surface area contributed by atoms with Crippen molar-refractivity contribution in [3.8, 4) is 0 Å². The van der Waals surface area contributed by atoms with Gasteiger partial charge in [0.15, 0.2) is 5.78 Å². The zero-order valence-corrected chi connectivity index (χ0v) is 9.97. The van der Waals surface area contributed by atoms with Crippen LogP contribution in [0.1, 0.15) is 39.4 Å². The van der Waals surface area contributed by atoms with Crippen LogP contribution in [-0.4, -0.2) is 16.9 Å². The largest absolute Gasteiger partial charge is 0.481 e. The van der Waals surface area contributed by atoms with E-state index in [1.54, 1.807) is 11.3 Å². The number of carbonyl (C=O) groups is 2. The highest BCUT2D eigenvalue weighted by Crippen LogP contribution is 2.32. The Balaban J connectivity index is 2.29. The number of hydrogen-bond donors (Lipinski definition) is 1. The quantitative estimate of drug-likeness (QED) is 0.806. The smallest absolute Gasteiger partial charge is 0.304 e. The predicted octanol–water partition coefficient (Wildman–Crippen LogP) is 2.67. The number of aliphatic carboxylic acids is 1. The molecule has 86 valence electrons. The van der Waals surface area contributed by atoms with Crippen molar-refractivity contribution in [2.45, 2.75) is 32.6 Å². The van der Waals surface area contributed by atoms with Crippen molar-refractivity contribution in [1.29, 1.82) is 0 Å². The van der Waals surface area contributed by atoms with Crippen LogP contribution in [0.15, 0.2) is 6.07 Å². The summed E-state index contributed by atoms with van der Waals surface area (Å²) in [6, 6.07) is 1.91. The highest BCUT2D eigenvalue weighted by molar-refractivity contribution is 7.12. The van der Waals surface area contributed by atoms with Gasteiger partial charge in [-0.05, 0) is 32.3 Å². The first-order valence-electron chi connectivity index (χ1n) is 5.43. The number of ketones is 1. The molecule has 0 fully saturated rings. The summed E-state index contributed by atoms with van der Waals surface area (Å²) in [5, 5.41) is 8.78. The van der Waals surface area contributed by atoms with Crippen LogP contribution in [0, 0.1) is 12.8 Å². The molecular weight excluding hydrogens is 224 g/mol. The molecule has 0 saturated carbocycles. The van der Waals surface area contributed by atoms with Crippen LogP contribution >= 0.6 is 11.3 Å². The Kier molecular flexibility index (Phi) is 3.10. The van der Waals surface area contributed by atoms with Crippen molar-refractivity contribution in [3.63, 3.8) is 0 Å². The maximum Gasteiger partial charge on any atom is 0.304 e. The Hall–Kier alpha value is -1.16. The molecule has 0 aliphatic heterocycles. The van der Waals surface area contributed by atoms with Crippen LogP contribution in [0.2, 0.25) is 0 Å². The number of rotatable bonds is 2. The van der Waals surface area contributed by atoms with E-state index in [0.29, 0.717) is 6.42 Å². The summed E-state index contributed by atoms with van der Waals surface area (Å²) in [5.74, 6) is -1.18. The Bertz CT molecular complexity index is 433. The van der Waals surface area contributed by atoms with Gasteiger partial charge in [-0.2, -0.15) is 0 Å². The lowest BCUT2D eigenvalue weighted by atomic mass is 9.93. The van der Waals surface area contributed by atoms with Crippen LogP contribution < -0.4 is 0 Å². The van der Waals surface area contributed by atoms with Gasteiger partial charge in [0.05, 0.1) is 6.42 Å². The van der Waals surface area contributed by atoms with E-state index in [1.165, 1.54) is 0 Å². The van der Waals surface area contributed by atoms with Crippen LogP contribution in [-0.2, 0) is 11.2 Å². The summed E-state index contributed by atoms with van der Waals surface area (Å²) in [4.78, 5) is 25.1. The second-order valence-electron chi connectivity index (χ2n) is 4.25. The van der Waals surface area contributed by atoms with Crippen LogP contribution in [0.4, 0.5) is 0 Å². The van der Waals surface area contributed by atoms with Gasteiger partial charge in [0.2, 0.25) is 0 Å². The second kappa shape index (κ2) is 4.37. The van der Waals surface area contributed by atoms with Gasteiger partial charge in [0.1, 0.15) is 0 Å². The lowest BCUT2D eigenvalue weighted by Gasteiger charge is -2.09. The highest BCUT2D eigenvalue weighted by atomic mass is 32.1. The maximum absolute atomic E-state index is 12.1. The van der Waals surface area contributed by atoms with Crippen molar-refractivity contribution in [1.82, 2.24) is 0 Å². The average molecular weight is 238 g/mol. The Morgan fingerprint density at radius 2 is 2.38 bits per heavy atom. The first kappa shape index (κ1) is 11.3. The first-order valence-corrected chi connectivity index (χ1v) is 6.25. The SMILES string of the molecule is Cc1cc2c(s1)CCCC(CC(=O)O)C2=O. The fourth-order valence-electron chi connectivity index (χ4n) is 2.22. The van der Waals surface area contributed by atoms with Gasteiger partial charge in [0, 0.05) is 21.2 Å². The molecule has 0 bridgehead atoms. The number of Topliss-reactive ketones (excluding diaryl/α,β-unsaturated/α-hetero) is 1. The molecule has 0 amide bonds. The molecule has 1 unspecified atom stereocenters. The molecule has 2 rings (SSSR count). The van der Waals surface area contributed by atoms with E-state index in [4.69, 9.17) is 5.11 Å². The van der Waals surface area contributed by atoms with E-state index in [2.05, 4.69) is 0 Å². The number of carbonyl (C=O) groups excluding carboxylic acids is 1. The number of carboxylic acid groups (broad SMARTS) is 1. The number of carboxylic acids is 1. The third-order valence-corrected chi connectivity index (χ3v) is 4.06. The molecule has 0 aromatic carbocycles. The van der Waals surface area contributed by atoms with Crippen molar-refractivity contribution in [2.24, 2.45) is 5.92 Å². The molecule has 1 aliphatic carbocycles. The van der Waals surface area contributed by atoms with Gasteiger partial charge in [-0.15, -0.1) is 11.3 Å². The summed E-state index contributed by atoms with van der Waals surface area (Å²) < 4.78 is 0. The lowest BCUT2D eigenvalue weighted by molar-refractivity contribution is -0.137. The summed E-state index contributed by atoms with van der Waals surface area (Å²) in [6.07, 6.45) is 2.49. The molecular formula is C12H14O3S. The van der Waals surface area contributed by atoms with Crippen LogP contribution in [0.5, 0.6) is 0 Å². The molecule has 1 aromatic heterocycles. The summed E-state index contributed by atoms with van der Waals surface area (Å²) in [7, 11) is 0. The Morgan fingerprint density at radius 3 is 3.06 bits per heavy atom. The zero-order valence-electron chi connectivity index (χ0n) is 9.16. The molecule has 4 heteroatoms. The topological polar surface area (TPSA) is 54.4 Å². The molecule has 1 heterocycles. The van der Waals surface area contributed by atoms with E-state index in [1.807, 2.05) is 13.0 Å². The van der Waals surface area contributed by atoms with Crippen LogP contribution in [0.3, 0.4) is 0 Å². The molecule has 16 heavy (non-hydrogen) atoms. The van der Waals surface area contributed by atoms with Crippen molar-refractivity contribution < 1.29 is 14.7 Å². The third kappa shape index (κ3) is 2.16. The van der Waals surface area contributed by atoms with Gasteiger partial charge in [-0.25, -0.2) is 0 Å². The van der Waals surface area contributed by atoms with E-state index < -0.39 is 5.97 Å². The van der Waals surface area contributed by atoms with Crippen molar-refractivity contribution in [3.05, 3.63) is 21.4 Å². The van der Waals surface area contributed by atoms with E-state index in [9.17, 15) is 9.59 Å². The molecule has 0 radical (unpaired) electrons. The lowest BCUT2D eigenvalue weighted by Crippen LogP contribution is -2.17. The maximum atomic E-state index is 12.1. The minimum atomic E-state index is -0.881.